The van der Waals surface area contributed by atoms with E-state index < -0.39 is 5.60 Å². The van der Waals surface area contributed by atoms with Crippen molar-refractivity contribution in [1.29, 1.82) is 0 Å². The van der Waals surface area contributed by atoms with E-state index in [1.165, 1.54) is 0 Å². The first-order chi connectivity index (χ1) is 8.51. The molecule has 0 bridgehead atoms. The van der Waals surface area contributed by atoms with Crippen LogP contribution in [-0.4, -0.2) is 28.7 Å². The largest absolute Gasteiger partial charge is 0.497 e. The first-order valence-electron chi connectivity index (χ1n) is 5.58. The molecule has 0 unspecified atom stereocenters. The van der Waals surface area contributed by atoms with Crippen LogP contribution < -0.4 is 4.74 Å². The summed E-state index contributed by atoms with van der Waals surface area (Å²) in [5.74, 6) is 0.859. The average molecular weight is 378 g/mol. The summed E-state index contributed by atoms with van der Waals surface area (Å²) in [6.07, 6.45) is -0.258. The fraction of sp³-hybridized carbons (Fsp3) is 0.462. The van der Waals surface area contributed by atoms with Crippen molar-refractivity contribution in [2.24, 2.45) is 0 Å². The molecule has 0 spiro atoms. The lowest BCUT2D eigenvalue weighted by atomic mass is 10.0. The van der Waals surface area contributed by atoms with Crippen molar-refractivity contribution in [1.82, 2.24) is 0 Å². The number of Topliss-reactive ketones (excluding diaryl/α,β-unsaturated/α-hetero) is 1. The first kappa shape index (κ1) is 14.0. The average Bonchev–Trinajstić information content (AvgIpc) is 2.64. The van der Waals surface area contributed by atoms with Gasteiger partial charge in [-0.1, -0.05) is 44.0 Å². The van der Waals surface area contributed by atoms with Crippen molar-refractivity contribution in [2.75, 3.05) is 12.4 Å². The Balaban J connectivity index is 2.26. The zero-order valence-corrected chi connectivity index (χ0v) is 13.3. The summed E-state index contributed by atoms with van der Waals surface area (Å²) in [4.78, 5) is 11.8. The van der Waals surface area contributed by atoms with E-state index in [1.807, 2.05) is 31.2 Å². The van der Waals surface area contributed by atoms with Gasteiger partial charge in [-0.15, -0.1) is 0 Å². The third-order valence-electron chi connectivity index (χ3n) is 3.12. The topological polar surface area (TPSA) is 35.5 Å². The molecule has 5 heteroatoms. The van der Waals surface area contributed by atoms with E-state index in [2.05, 4.69) is 31.9 Å². The molecule has 1 heterocycles. The quantitative estimate of drug-likeness (QED) is 0.758. The van der Waals surface area contributed by atoms with Gasteiger partial charge in [-0.05, 0) is 24.6 Å². The van der Waals surface area contributed by atoms with E-state index in [-0.39, 0.29) is 16.7 Å². The van der Waals surface area contributed by atoms with Crippen LogP contribution >= 0.6 is 31.9 Å². The third kappa shape index (κ3) is 2.36. The van der Waals surface area contributed by atoms with Gasteiger partial charge in [0, 0.05) is 5.33 Å². The third-order valence-corrected chi connectivity index (χ3v) is 5.09. The Labute approximate surface area is 123 Å². The summed E-state index contributed by atoms with van der Waals surface area (Å²) in [6.45, 7) is 1.81. The van der Waals surface area contributed by atoms with Crippen LogP contribution in [0, 0.1) is 0 Å². The molecule has 18 heavy (non-hydrogen) atoms. The molecule has 1 aliphatic rings. The zero-order valence-electron chi connectivity index (χ0n) is 10.2. The smallest absolute Gasteiger partial charge is 0.181 e. The van der Waals surface area contributed by atoms with Crippen LogP contribution in [0.3, 0.4) is 0 Å². The van der Waals surface area contributed by atoms with Crippen molar-refractivity contribution in [3.63, 3.8) is 0 Å². The molecule has 0 aromatic heterocycles. The minimum Gasteiger partial charge on any atom is -0.497 e. The predicted molar refractivity (Wildman–Crippen MR) is 76.7 cm³/mol. The number of hydrogen-bond donors (Lipinski definition) is 0. The van der Waals surface area contributed by atoms with Crippen LogP contribution in [0.2, 0.25) is 0 Å². The highest BCUT2D eigenvalue weighted by atomic mass is 79.9. The number of hydrogen-bond acceptors (Lipinski definition) is 3. The lowest BCUT2D eigenvalue weighted by Gasteiger charge is -2.20. The molecule has 0 N–H and O–H groups in total. The molecule has 1 saturated heterocycles. The Hall–Kier alpha value is -0.390. The number of rotatable bonds is 3. The van der Waals surface area contributed by atoms with E-state index in [0.717, 1.165) is 11.3 Å². The Bertz CT molecular complexity index is 446. The minimum absolute atomic E-state index is 0.0696. The Morgan fingerprint density at radius 2 is 2.00 bits per heavy atom. The highest BCUT2D eigenvalue weighted by molar-refractivity contribution is 9.10. The van der Waals surface area contributed by atoms with Gasteiger partial charge in [-0.2, -0.15) is 0 Å². The predicted octanol–water partition coefficient (Wildman–Crippen LogP) is 3.25. The monoisotopic (exact) mass is 376 g/mol. The van der Waals surface area contributed by atoms with Gasteiger partial charge < -0.3 is 9.47 Å². The van der Waals surface area contributed by atoms with E-state index >= 15 is 0 Å². The SMILES string of the molecule is COc1ccc([C@@H]2O[C@@](C)(CBr)C(=O)[C@H]2Br)cc1. The molecule has 2 rings (SSSR count). The van der Waals surface area contributed by atoms with Crippen molar-refractivity contribution in [3.8, 4) is 5.75 Å². The first-order valence-corrected chi connectivity index (χ1v) is 7.61. The van der Waals surface area contributed by atoms with Crippen molar-refractivity contribution in [3.05, 3.63) is 29.8 Å². The molecule has 1 aliphatic heterocycles. The molecule has 3 atom stereocenters. The fourth-order valence-electron chi connectivity index (χ4n) is 1.96. The molecule has 1 fully saturated rings. The lowest BCUT2D eigenvalue weighted by molar-refractivity contribution is -0.128. The fourth-order valence-corrected chi connectivity index (χ4v) is 3.26. The maximum absolute atomic E-state index is 12.1. The molecular formula is C13H14Br2O3. The van der Waals surface area contributed by atoms with Gasteiger partial charge >= 0.3 is 0 Å². The van der Waals surface area contributed by atoms with Gasteiger partial charge in [-0.25, -0.2) is 0 Å². The number of benzene rings is 1. The van der Waals surface area contributed by atoms with Crippen LogP contribution in [0.4, 0.5) is 0 Å². The molecule has 1 aromatic rings. The number of carbonyl (C=O) groups excluding carboxylic acids is 1. The highest BCUT2D eigenvalue weighted by Crippen LogP contribution is 2.42. The standard InChI is InChI=1S/C13H14Br2O3/c1-13(7-14)12(16)10(15)11(18-13)8-3-5-9(17-2)6-4-8/h3-6,10-11H,7H2,1-2H3/t10-,11-,13-/m0/s1. The van der Waals surface area contributed by atoms with E-state index in [4.69, 9.17) is 9.47 Å². The van der Waals surface area contributed by atoms with Gasteiger partial charge in [-0.3, -0.25) is 4.79 Å². The van der Waals surface area contributed by atoms with Crippen molar-refractivity contribution < 1.29 is 14.3 Å². The number of alkyl halides is 2. The normalized spacial score (nSPS) is 31.7. The molecule has 0 amide bonds. The molecule has 0 saturated carbocycles. The molecule has 98 valence electrons. The Morgan fingerprint density at radius 3 is 2.44 bits per heavy atom. The molecule has 0 radical (unpaired) electrons. The minimum atomic E-state index is -0.765. The summed E-state index contributed by atoms with van der Waals surface area (Å²) in [6, 6.07) is 7.58. The van der Waals surface area contributed by atoms with Crippen LogP contribution in [0.5, 0.6) is 5.75 Å². The summed E-state index contributed by atoms with van der Waals surface area (Å²) >= 11 is 6.77. The summed E-state index contributed by atoms with van der Waals surface area (Å²) < 4.78 is 11.0. The summed E-state index contributed by atoms with van der Waals surface area (Å²) in [5, 5.41) is 0.494. The molecule has 3 nitrogen and oxygen atoms in total. The van der Waals surface area contributed by atoms with Crippen molar-refractivity contribution in [2.45, 2.75) is 23.5 Å². The van der Waals surface area contributed by atoms with Gasteiger partial charge in [0.25, 0.3) is 0 Å². The molecule has 1 aromatic carbocycles. The van der Waals surface area contributed by atoms with Crippen LogP contribution in [0.1, 0.15) is 18.6 Å². The van der Waals surface area contributed by atoms with Gasteiger partial charge in [0.15, 0.2) is 5.78 Å². The lowest BCUT2D eigenvalue weighted by Crippen LogP contribution is -2.35. The Morgan fingerprint density at radius 1 is 1.39 bits per heavy atom. The van der Waals surface area contributed by atoms with E-state index in [0.29, 0.717) is 5.33 Å². The van der Waals surface area contributed by atoms with Crippen LogP contribution in [0.15, 0.2) is 24.3 Å². The zero-order chi connectivity index (χ0) is 13.3. The maximum atomic E-state index is 12.1. The molecular weight excluding hydrogens is 364 g/mol. The second-order valence-corrected chi connectivity index (χ2v) is 5.99. The number of ether oxygens (including phenoxy) is 2. The van der Waals surface area contributed by atoms with Gasteiger partial charge in [0.1, 0.15) is 22.3 Å². The van der Waals surface area contributed by atoms with Gasteiger partial charge in [0.05, 0.1) is 7.11 Å². The van der Waals surface area contributed by atoms with E-state index in [1.54, 1.807) is 7.11 Å². The number of methoxy groups -OCH3 is 1. The summed E-state index contributed by atoms with van der Waals surface area (Å²) in [7, 11) is 1.62. The number of carbonyl (C=O) groups is 1. The van der Waals surface area contributed by atoms with Crippen LogP contribution in [-0.2, 0) is 9.53 Å². The number of ketones is 1. The van der Waals surface area contributed by atoms with Gasteiger partial charge in [0.2, 0.25) is 0 Å². The maximum Gasteiger partial charge on any atom is 0.181 e. The van der Waals surface area contributed by atoms with Crippen LogP contribution in [0.25, 0.3) is 0 Å². The molecule has 0 aliphatic carbocycles. The second kappa shape index (κ2) is 5.31. The summed E-state index contributed by atoms with van der Waals surface area (Å²) in [5.41, 5.74) is 0.203. The highest BCUT2D eigenvalue weighted by Gasteiger charge is 2.50. The van der Waals surface area contributed by atoms with Crippen molar-refractivity contribution >= 4 is 37.6 Å². The number of halogens is 2. The second-order valence-electron chi connectivity index (χ2n) is 4.44. The van der Waals surface area contributed by atoms with E-state index in [9.17, 15) is 4.79 Å². The Kier molecular flexibility index (Phi) is 4.14.